The lowest BCUT2D eigenvalue weighted by Crippen LogP contribution is -2.10. The number of pyridine rings is 2. The first-order chi connectivity index (χ1) is 23.7. The topological polar surface area (TPSA) is 42.7 Å². The Hall–Kier alpha value is -4.96. The van der Waals surface area contributed by atoms with Crippen LogP contribution in [0.25, 0.3) is 49.4 Å². The molecule has 0 spiro atoms. The Morgan fingerprint density at radius 2 is 1.14 bits per heavy atom. The fraction of sp³-hybridized carbons (Fsp3) is 0.304. The lowest BCUT2D eigenvalue weighted by atomic mass is 9.84. The zero-order valence-electron chi connectivity index (χ0n) is 31.3. The summed E-state index contributed by atoms with van der Waals surface area (Å²) < 4.78 is 2.36. The Balaban J connectivity index is 1.38. The molecule has 50 heavy (non-hydrogen) atoms. The summed E-state index contributed by atoms with van der Waals surface area (Å²) in [5.41, 5.74) is 11.4. The molecule has 0 radical (unpaired) electrons. The van der Waals surface area contributed by atoms with Gasteiger partial charge in [-0.2, -0.15) is 0 Å². The minimum atomic E-state index is 0.0401. The van der Waals surface area contributed by atoms with Crippen molar-refractivity contribution >= 4 is 44.2 Å². The number of nitrogens with zero attached hydrogens (tertiary/aromatic N) is 3. The van der Waals surface area contributed by atoms with E-state index in [1.165, 1.54) is 44.2 Å². The maximum Gasteiger partial charge on any atom is 0.155 e. The summed E-state index contributed by atoms with van der Waals surface area (Å²) in [6.45, 7) is 22.8. The lowest BCUT2D eigenvalue weighted by Gasteiger charge is -2.20. The Labute approximate surface area is 297 Å². The third kappa shape index (κ3) is 5.95. The second-order valence-corrected chi connectivity index (χ2v) is 16.5. The van der Waals surface area contributed by atoms with Crippen LogP contribution in [0.15, 0.2) is 103 Å². The van der Waals surface area contributed by atoms with Gasteiger partial charge in [-0.25, -0.2) is 9.97 Å². The molecule has 4 nitrogen and oxygen atoms in total. The standard InChI is InChI=1S/C46H50N4/c1-28(2)34-13-11-14-35(29(3)4)42(34)31-16-19-36-30(25-31)22-24-48-43(36)49-44-41(15-12-23-47-44)50-39-20-17-32(45(5,6)7)26-37(39)38-27-33(46(8,9)10)18-21-40(38)50/h11-29H,1-10H3,(H,47,48,49). The monoisotopic (exact) mass is 658 g/mol. The van der Waals surface area contributed by atoms with Crippen LogP contribution in [0.3, 0.4) is 0 Å². The molecule has 4 heteroatoms. The molecular formula is C46H50N4. The van der Waals surface area contributed by atoms with Crippen molar-refractivity contribution in [1.82, 2.24) is 14.5 Å². The summed E-state index contributed by atoms with van der Waals surface area (Å²) in [6.07, 6.45) is 3.76. The summed E-state index contributed by atoms with van der Waals surface area (Å²) in [6, 6.07) is 33.7. The van der Waals surface area contributed by atoms with Gasteiger partial charge in [0, 0.05) is 28.6 Å². The quantitative estimate of drug-likeness (QED) is 0.193. The molecule has 0 fully saturated rings. The summed E-state index contributed by atoms with van der Waals surface area (Å²) >= 11 is 0. The van der Waals surface area contributed by atoms with Gasteiger partial charge >= 0.3 is 0 Å². The average Bonchev–Trinajstić information content (AvgIpc) is 3.40. The van der Waals surface area contributed by atoms with Crippen LogP contribution < -0.4 is 5.32 Å². The van der Waals surface area contributed by atoms with Crippen LogP contribution in [0.5, 0.6) is 0 Å². The molecular weight excluding hydrogens is 609 g/mol. The number of benzene rings is 4. The maximum atomic E-state index is 4.92. The molecule has 3 aromatic heterocycles. The van der Waals surface area contributed by atoms with Crippen molar-refractivity contribution in [3.05, 3.63) is 126 Å². The number of hydrogen-bond acceptors (Lipinski definition) is 3. The summed E-state index contributed by atoms with van der Waals surface area (Å²) in [5.74, 6) is 2.42. The summed E-state index contributed by atoms with van der Waals surface area (Å²) in [5, 5.41) is 8.40. The Bertz CT molecular complexity index is 2280. The molecule has 3 heterocycles. The summed E-state index contributed by atoms with van der Waals surface area (Å²) in [7, 11) is 0. The van der Waals surface area contributed by atoms with Crippen LogP contribution in [-0.2, 0) is 10.8 Å². The SMILES string of the molecule is CC(C)c1cccc(C(C)C)c1-c1ccc2c(Nc3ncccc3-n3c4ccc(C(C)(C)C)cc4c4cc(C(C)(C)C)ccc43)nccc2c1. The van der Waals surface area contributed by atoms with E-state index in [0.29, 0.717) is 11.8 Å². The largest absolute Gasteiger partial charge is 0.323 e. The van der Waals surface area contributed by atoms with Gasteiger partial charge in [0.15, 0.2) is 5.82 Å². The van der Waals surface area contributed by atoms with E-state index in [2.05, 4.69) is 164 Å². The zero-order valence-corrected chi connectivity index (χ0v) is 31.3. The smallest absolute Gasteiger partial charge is 0.155 e. The van der Waals surface area contributed by atoms with Gasteiger partial charge in [-0.3, -0.25) is 0 Å². The fourth-order valence-electron chi connectivity index (χ4n) is 7.32. The first kappa shape index (κ1) is 33.5. The van der Waals surface area contributed by atoms with Gasteiger partial charge in [-0.1, -0.05) is 112 Å². The van der Waals surface area contributed by atoms with Gasteiger partial charge in [-0.05, 0) is 110 Å². The minimum absolute atomic E-state index is 0.0401. The van der Waals surface area contributed by atoms with E-state index >= 15 is 0 Å². The van der Waals surface area contributed by atoms with E-state index in [-0.39, 0.29) is 10.8 Å². The minimum Gasteiger partial charge on any atom is -0.323 e. The normalized spacial score (nSPS) is 12.6. The molecule has 4 aromatic carbocycles. The van der Waals surface area contributed by atoms with E-state index in [9.17, 15) is 0 Å². The van der Waals surface area contributed by atoms with Crippen LogP contribution in [0.2, 0.25) is 0 Å². The molecule has 1 N–H and O–H groups in total. The first-order valence-electron chi connectivity index (χ1n) is 18.1. The molecule has 0 saturated heterocycles. The third-order valence-electron chi connectivity index (χ3n) is 10.2. The van der Waals surface area contributed by atoms with Crippen molar-refractivity contribution in [3.63, 3.8) is 0 Å². The number of aromatic nitrogens is 3. The van der Waals surface area contributed by atoms with Gasteiger partial charge in [0.1, 0.15) is 5.82 Å². The van der Waals surface area contributed by atoms with Gasteiger partial charge in [-0.15, -0.1) is 0 Å². The maximum absolute atomic E-state index is 4.92. The molecule has 0 amide bonds. The Kier molecular flexibility index (Phi) is 8.33. The highest BCUT2D eigenvalue weighted by Gasteiger charge is 2.23. The van der Waals surface area contributed by atoms with Crippen molar-refractivity contribution in [2.45, 2.75) is 91.9 Å². The summed E-state index contributed by atoms with van der Waals surface area (Å²) in [4.78, 5) is 9.78. The van der Waals surface area contributed by atoms with Crippen molar-refractivity contribution in [1.29, 1.82) is 0 Å². The van der Waals surface area contributed by atoms with E-state index in [1.807, 2.05) is 18.5 Å². The fourth-order valence-corrected chi connectivity index (χ4v) is 7.32. The second-order valence-electron chi connectivity index (χ2n) is 16.5. The van der Waals surface area contributed by atoms with Gasteiger partial charge in [0.25, 0.3) is 0 Å². The van der Waals surface area contributed by atoms with Crippen molar-refractivity contribution in [2.24, 2.45) is 0 Å². The van der Waals surface area contributed by atoms with Crippen LogP contribution >= 0.6 is 0 Å². The highest BCUT2D eigenvalue weighted by atomic mass is 15.1. The third-order valence-corrected chi connectivity index (χ3v) is 10.2. The molecule has 254 valence electrons. The number of nitrogens with one attached hydrogen (secondary N) is 1. The van der Waals surface area contributed by atoms with Gasteiger partial charge in [0.05, 0.1) is 16.7 Å². The first-order valence-corrected chi connectivity index (χ1v) is 18.1. The highest BCUT2D eigenvalue weighted by molar-refractivity contribution is 6.10. The lowest BCUT2D eigenvalue weighted by molar-refractivity contribution is 0.590. The zero-order chi connectivity index (χ0) is 35.5. The van der Waals surface area contributed by atoms with Crippen LogP contribution in [0.4, 0.5) is 11.6 Å². The molecule has 0 aliphatic heterocycles. The van der Waals surface area contributed by atoms with Crippen LogP contribution in [0.1, 0.15) is 103 Å². The van der Waals surface area contributed by atoms with E-state index in [1.54, 1.807) is 0 Å². The second kappa shape index (κ2) is 12.4. The van der Waals surface area contributed by atoms with Crippen molar-refractivity contribution in [3.8, 4) is 16.8 Å². The van der Waals surface area contributed by atoms with E-state index < -0.39 is 0 Å². The molecule has 0 aliphatic carbocycles. The van der Waals surface area contributed by atoms with Gasteiger partial charge in [0.2, 0.25) is 0 Å². The van der Waals surface area contributed by atoms with Crippen LogP contribution in [-0.4, -0.2) is 14.5 Å². The predicted octanol–water partition coefficient (Wildman–Crippen LogP) is 13.0. The highest BCUT2D eigenvalue weighted by Crippen LogP contribution is 2.41. The number of fused-ring (bicyclic) bond motifs is 4. The van der Waals surface area contributed by atoms with Crippen LogP contribution in [0, 0.1) is 0 Å². The van der Waals surface area contributed by atoms with Crippen molar-refractivity contribution < 1.29 is 0 Å². The average molecular weight is 659 g/mol. The predicted molar refractivity (Wildman–Crippen MR) is 215 cm³/mol. The van der Waals surface area contributed by atoms with Crippen molar-refractivity contribution in [2.75, 3.05) is 5.32 Å². The van der Waals surface area contributed by atoms with E-state index in [4.69, 9.17) is 9.97 Å². The molecule has 0 aliphatic rings. The molecule has 0 saturated carbocycles. The van der Waals surface area contributed by atoms with E-state index in [0.717, 1.165) is 39.1 Å². The molecule has 0 unspecified atom stereocenters. The molecule has 7 rings (SSSR count). The number of anilines is 2. The molecule has 0 atom stereocenters. The number of rotatable bonds is 6. The Morgan fingerprint density at radius 3 is 1.70 bits per heavy atom. The molecule has 0 bridgehead atoms. The molecule has 7 aromatic rings. The number of hydrogen-bond donors (Lipinski definition) is 1. The van der Waals surface area contributed by atoms with Gasteiger partial charge < -0.3 is 9.88 Å². The Morgan fingerprint density at radius 1 is 0.560 bits per heavy atom.